The third-order valence-electron chi connectivity index (χ3n) is 3.78. The zero-order valence-electron chi connectivity index (χ0n) is 14.9. The molecule has 1 aromatic heterocycles. The molecule has 3 aromatic rings. The molecular weight excluding hydrogens is 356 g/mol. The molecule has 0 amide bonds. The van der Waals surface area contributed by atoms with Gasteiger partial charge in [-0.3, -0.25) is 4.98 Å². The fourth-order valence-corrected chi connectivity index (χ4v) is 2.55. The number of rotatable bonds is 6. The number of methoxy groups -OCH3 is 3. The van der Waals surface area contributed by atoms with Crippen LogP contribution in [0.1, 0.15) is 0 Å². The van der Waals surface area contributed by atoms with Crippen LogP contribution in [0, 0.1) is 11.6 Å². The van der Waals surface area contributed by atoms with Crippen LogP contribution < -0.4 is 19.5 Å². The average Bonchev–Trinajstić information content (AvgIpc) is 2.67. The summed E-state index contributed by atoms with van der Waals surface area (Å²) in [7, 11) is 4.54. The van der Waals surface area contributed by atoms with E-state index in [-0.39, 0.29) is 11.3 Å². The van der Waals surface area contributed by atoms with Crippen LogP contribution in [0.25, 0.3) is 11.3 Å². The normalized spacial score (nSPS) is 10.4. The van der Waals surface area contributed by atoms with E-state index < -0.39 is 11.6 Å². The number of hydrogen-bond acceptors (Lipinski definition) is 6. The topological polar surface area (TPSA) is 65.5 Å². The lowest BCUT2D eigenvalue weighted by Crippen LogP contribution is -2.00. The first-order valence-electron chi connectivity index (χ1n) is 7.90. The van der Waals surface area contributed by atoms with Crippen molar-refractivity contribution in [3.8, 4) is 28.5 Å². The maximum atomic E-state index is 14.0. The number of halogens is 2. The molecule has 2 aromatic carbocycles. The Morgan fingerprint density at radius 2 is 1.59 bits per heavy atom. The van der Waals surface area contributed by atoms with Crippen molar-refractivity contribution >= 4 is 11.5 Å². The van der Waals surface area contributed by atoms with Gasteiger partial charge in [0.2, 0.25) is 5.75 Å². The molecule has 0 atom stereocenters. The van der Waals surface area contributed by atoms with Gasteiger partial charge in [-0.1, -0.05) is 0 Å². The van der Waals surface area contributed by atoms with E-state index in [0.29, 0.717) is 28.8 Å². The molecule has 140 valence electrons. The Hall–Kier alpha value is -3.42. The lowest BCUT2D eigenvalue weighted by atomic mass is 10.1. The Kier molecular flexibility index (Phi) is 5.35. The Bertz CT molecular complexity index is 942. The molecule has 8 heteroatoms. The van der Waals surface area contributed by atoms with E-state index in [1.807, 2.05) is 0 Å². The van der Waals surface area contributed by atoms with Gasteiger partial charge in [0.25, 0.3) is 0 Å². The largest absolute Gasteiger partial charge is 0.493 e. The SMILES string of the molecule is COc1cc(Nc2cncc(-c3ccc(F)cc3F)n2)cc(OC)c1OC. The predicted molar refractivity (Wildman–Crippen MR) is 96.8 cm³/mol. The van der Waals surface area contributed by atoms with Gasteiger partial charge in [0.05, 0.1) is 39.4 Å². The summed E-state index contributed by atoms with van der Waals surface area (Å²) in [4.78, 5) is 8.40. The number of aromatic nitrogens is 2. The molecule has 0 aliphatic heterocycles. The molecule has 1 heterocycles. The summed E-state index contributed by atoms with van der Waals surface area (Å²) in [6.45, 7) is 0. The molecule has 0 fully saturated rings. The summed E-state index contributed by atoms with van der Waals surface area (Å²) < 4.78 is 43.0. The van der Waals surface area contributed by atoms with Gasteiger partial charge < -0.3 is 19.5 Å². The lowest BCUT2D eigenvalue weighted by molar-refractivity contribution is 0.324. The van der Waals surface area contributed by atoms with Crippen molar-refractivity contribution in [1.82, 2.24) is 9.97 Å². The fraction of sp³-hybridized carbons (Fsp3) is 0.158. The number of ether oxygens (including phenoxy) is 3. The van der Waals surface area contributed by atoms with Crippen LogP contribution in [0.4, 0.5) is 20.3 Å². The van der Waals surface area contributed by atoms with Crippen molar-refractivity contribution in [2.45, 2.75) is 0 Å². The Labute approximate surface area is 154 Å². The van der Waals surface area contributed by atoms with Gasteiger partial charge in [0.15, 0.2) is 11.5 Å². The number of anilines is 2. The van der Waals surface area contributed by atoms with Crippen molar-refractivity contribution in [3.05, 3.63) is 54.4 Å². The fourth-order valence-electron chi connectivity index (χ4n) is 2.55. The van der Waals surface area contributed by atoms with E-state index in [2.05, 4.69) is 15.3 Å². The molecule has 0 unspecified atom stereocenters. The molecule has 0 bridgehead atoms. The quantitative estimate of drug-likeness (QED) is 0.699. The van der Waals surface area contributed by atoms with Gasteiger partial charge in [-0.25, -0.2) is 13.8 Å². The van der Waals surface area contributed by atoms with Crippen LogP contribution in [0.15, 0.2) is 42.7 Å². The van der Waals surface area contributed by atoms with Crippen LogP contribution in [0.2, 0.25) is 0 Å². The maximum Gasteiger partial charge on any atom is 0.203 e. The van der Waals surface area contributed by atoms with Crippen molar-refractivity contribution in [2.75, 3.05) is 26.6 Å². The Balaban J connectivity index is 1.95. The highest BCUT2D eigenvalue weighted by molar-refractivity contribution is 5.68. The minimum absolute atomic E-state index is 0.150. The molecule has 3 rings (SSSR count). The smallest absolute Gasteiger partial charge is 0.203 e. The number of hydrogen-bond donors (Lipinski definition) is 1. The van der Waals surface area contributed by atoms with Gasteiger partial charge >= 0.3 is 0 Å². The Morgan fingerprint density at radius 1 is 0.889 bits per heavy atom. The zero-order valence-corrected chi connectivity index (χ0v) is 14.9. The van der Waals surface area contributed by atoms with Crippen molar-refractivity contribution < 1.29 is 23.0 Å². The number of nitrogens with one attached hydrogen (secondary N) is 1. The summed E-state index contributed by atoms with van der Waals surface area (Å²) in [6.07, 6.45) is 2.88. The highest BCUT2D eigenvalue weighted by Gasteiger charge is 2.14. The minimum Gasteiger partial charge on any atom is -0.493 e. The summed E-state index contributed by atoms with van der Waals surface area (Å²) >= 11 is 0. The van der Waals surface area contributed by atoms with E-state index in [0.717, 1.165) is 6.07 Å². The lowest BCUT2D eigenvalue weighted by Gasteiger charge is -2.15. The molecule has 6 nitrogen and oxygen atoms in total. The summed E-state index contributed by atoms with van der Waals surface area (Å²) in [5, 5.41) is 3.06. The zero-order chi connectivity index (χ0) is 19.4. The monoisotopic (exact) mass is 373 g/mol. The van der Waals surface area contributed by atoms with Crippen LogP contribution in [0.3, 0.4) is 0 Å². The third-order valence-corrected chi connectivity index (χ3v) is 3.78. The van der Waals surface area contributed by atoms with E-state index in [1.54, 1.807) is 12.1 Å². The minimum atomic E-state index is -0.714. The molecule has 0 aliphatic carbocycles. The van der Waals surface area contributed by atoms with E-state index in [1.165, 1.54) is 45.9 Å². The van der Waals surface area contributed by atoms with Gasteiger partial charge in [-0.15, -0.1) is 0 Å². The third kappa shape index (κ3) is 3.89. The molecule has 1 N–H and O–H groups in total. The second-order valence-electron chi connectivity index (χ2n) is 5.45. The average molecular weight is 373 g/mol. The number of nitrogens with zero attached hydrogens (tertiary/aromatic N) is 2. The van der Waals surface area contributed by atoms with Crippen molar-refractivity contribution in [2.24, 2.45) is 0 Å². The second-order valence-corrected chi connectivity index (χ2v) is 5.45. The van der Waals surface area contributed by atoms with Crippen LogP contribution >= 0.6 is 0 Å². The van der Waals surface area contributed by atoms with Crippen LogP contribution in [-0.4, -0.2) is 31.3 Å². The standard InChI is InChI=1S/C19H17F2N3O3/c1-25-16-7-12(8-17(26-2)19(16)27-3)23-18-10-22-9-15(24-18)13-5-4-11(20)6-14(13)21/h4-10H,1-3H3,(H,23,24). The van der Waals surface area contributed by atoms with Crippen molar-refractivity contribution in [1.29, 1.82) is 0 Å². The van der Waals surface area contributed by atoms with Crippen LogP contribution in [0.5, 0.6) is 17.2 Å². The van der Waals surface area contributed by atoms with E-state index >= 15 is 0 Å². The van der Waals surface area contributed by atoms with Gasteiger partial charge in [0, 0.05) is 29.4 Å². The molecule has 0 saturated carbocycles. The molecule has 27 heavy (non-hydrogen) atoms. The summed E-state index contributed by atoms with van der Waals surface area (Å²) in [6, 6.07) is 6.69. The van der Waals surface area contributed by atoms with Gasteiger partial charge in [-0.05, 0) is 12.1 Å². The van der Waals surface area contributed by atoms with E-state index in [4.69, 9.17) is 14.2 Å². The first kappa shape index (κ1) is 18.4. The highest BCUT2D eigenvalue weighted by atomic mass is 19.1. The van der Waals surface area contributed by atoms with Crippen molar-refractivity contribution in [3.63, 3.8) is 0 Å². The van der Waals surface area contributed by atoms with Crippen LogP contribution in [-0.2, 0) is 0 Å². The summed E-state index contributed by atoms with van der Waals surface area (Å²) in [5.74, 6) is 0.385. The van der Waals surface area contributed by atoms with E-state index in [9.17, 15) is 8.78 Å². The molecule has 0 aliphatic rings. The molecule has 0 saturated heterocycles. The molecular formula is C19H17F2N3O3. The molecule has 0 radical (unpaired) electrons. The second kappa shape index (κ2) is 7.86. The highest BCUT2D eigenvalue weighted by Crippen LogP contribution is 2.40. The van der Waals surface area contributed by atoms with Gasteiger partial charge in [0.1, 0.15) is 17.5 Å². The molecule has 0 spiro atoms. The number of benzene rings is 2. The Morgan fingerprint density at radius 3 is 2.19 bits per heavy atom. The first-order chi connectivity index (χ1) is 13.0. The first-order valence-corrected chi connectivity index (χ1v) is 7.90. The summed E-state index contributed by atoms with van der Waals surface area (Å²) in [5.41, 5.74) is 1.03. The predicted octanol–water partition coefficient (Wildman–Crippen LogP) is 4.19. The van der Waals surface area contributed by atoms with Gasteiger partial charge in [-0.2, -0.15) is 0 Å². The maximum absolute atomic E-state index is 14.0.